The lowest BCUT2D eigenvalue weighted by Gasteiger charge is -2.39. The first-order valence-corrected chi connectivity index (χ1v) is 11.8. The van der Waals surface area contributed by atoms with Crippen LogP contribution in [0.4, 0.5) is 0 Å². The Morgan fingerprint density at radius 1 is 1.21 bits per heavy atom. The van der Waals surface area contributed by atoms with E-state index in [0.29, 0.717) is 26.2 Å². The number of rotatable bonds is 7. The molecule has 34 heavy (non-hydrogen) atoms. The minimum atomic E-state index is -1.21. The standard InChI is InChI=1S/C27H33NO6/c1-27(2,3)25-13-17-12-24(34-11-7-9-32-4)19(23-8-5-6-10-33-23)14-18(17)21-15-22(29)20(26(30)31)16-28(21)25/h8,12,14-16,25H,5-7,9-11,13H2,1-4H3,(H,30,31)/t25-/m0/s1. The number of carboxylic acid groups (broad SMARTS) is 1. The molecular weight excluding hydrogens is 434 g/mol. The molecule has 0 aliphatic carbocycles. The van der Waals surface area contributed by atoms with Crippen LogP contribution in [0.3, 0.4) is 0 Å². The van der Waals surface area contributed by atoms with Gasteiger partial charge in [0.25, 0.3) is 0 Å². The van der Waals surface area contributed by atoms with Crippen LogP contribution < -0.4 is 10.2 Å². The molecule has 4 rings (SSSR count). The van der Waals surface area contributed by atoms with Crippen molar-refractivity contribution in [3.8, 4) is 17.0 Å². The minimum Gasteiger partial charge on any atom is -0.493 e. The summed E-state index contributed by atoms with van der Waals surface area (Å²) < 4.78 is 19.3. The number of ether oxygens (including phenoxy) is 3. The molecule has 1 atom stereocenters. The molecule has 0 radical (unpaired) electrons. The second-order valence-corrected chi connectivity index (χ2v) is 9.99. The molecule has 7 nitrogen and oxygen atoms in total. The van der Waals surface area contributed by atoms with Crippen LogP contribution in [0, 0.1) is 5.41 Å². The molecule has 3 heterocycles. The number of allylic oxidation sites excluding steroid dienone is 1. The van der Waals surface area contributed by atoms with E-state index in [4.69, 9.17) is 14.2 Å². The molecule has 1 aromatic carbocycles. The molecule has 1 N–H and O–H groups in total. The summed E-state index contributed by atoms with van der Waals surface area (Å²) in [6, 6.07) is 5.53. The number of methoxy groups -OCH3 is 1. The number of carboxylic acids is 1. The lowest BCUT2D eigenvalue weighted by Crippen LogP contribution is -2.33. The zero-order valence-electron chi connectivity index (χ0n) is 20.3. The van der Waals surface area contributed by atoms with E-state index >= 15 is 0 Å². The summed E-state index contributed by atoms with van der Waals surface area (Å²) in [5.74, 6) is 0.332. The molecule has 0 saturated carbocycles. The van der Waals surface area contributed by atoms with Crippen molar-refractivity contribution in [2.45, 2.75) is 52.5 Å². The molecule has 0 fully saturated rings. The van der Waals surface area contributed by atoms with E-state index in [1.165, 1.54) is 12.3 Å². The number of nitrogens with zero attached hydrogens (tertiary/aromatic N) is 1. The number of pyridine rings is 1. The fourth-order valence-corrected chi connectivity index (χ4v) is 4.69. The summed E-state index contributed by atoms with van der Waals surface area (Å²) in [6.45, 7) is 8.17. The number of benzene rings is 1. The van der Waals surface area contributed by atoms with Gasteiger partial charge in [-0.25, -0.2) is 4.79 Å². The van der Waals surface area contributed by atoms with Crippen LogP contribution in [-0.4, -0.2) is 42.6 Å². The van der Waals surface area contributed by atoms with Gasteiger partial charge >= 0.3 is 5.97 Å². The first-order chi connectivity index (χ1) is 16.2. The maximum Gasteiger partial charge on any atom is 0.341 e. The van der Waals surface area contributed by atoms with Gasteiger partial charge in [0.1, 0.15) is 17.1 Å². The van der Waals surface area contributed by atoms with Gasteiger partial charge < -0.3 is 23.9 Å². The quantitative estimate of drug-likeness (QED) is 0.582. The predicted octanol–water partition coefficient (Wildman–Crippen LogP) is 4.92. The Hall–Kier alpha value is -3.06. The number of aromatic carboxylic acids is 1. The zero-order valence-corrected chi connectivity index (χ0v) is 20.3. The molecule has 0 bridgehead atoms. The molecule has 7 heteroatoms. The van der Waals surface area contributed by atoms with Crippen molar-refractivity contribution in [1.82, 2.24) is 4.57 Å². The van der Waals surface area contributed by atoms with Gasteiger partial charge in [0.2, 0.25) is 0 Å². The number of hydrogen-bond donors (Lipinski definition) is 1. The summed E-state index contributed by atoms with van der Waals surface area (Å²) in [4.78, 5) is 24.4. The average Bonchev–Trinajstić information content (AvgIpc) is 2.80. The third-order valence-corrected chi connectivity index (χ3v) is 6.49. The molecule has 0 amide bonds. The van der Waals surface area contributed by atoms with Crippen LogP contribution in [-0.2, 0) is 15.9 Å². The van der Waals surface area contributed by atoms with Crippen molar-refractivity contribution in [3.05, 3.63) is 57.4 Å². The maximum absolute atomic E-state index is 12.7. The van der Waals surface area contributed by atoms with Crippen molar-refractivity contribution < 1.29 is 24.1 Å². The van der Waals surface area contributed by atoms with Gasteiger partial charge in [-0.2, -0.15) is 0 Å². The van der Waals surface area contributed by atoms with Gasteiger partial charge in [-0.15, -0.1) is 0 Å². The Labute approximate surface area is 200 Å². The normalized spacial score (nSPS) is 17.3. The first kappa shape index (κ1) is 24.1. The summed E-state index contributed by atoms with van der Waals surface area (Å²) >= 11 is 0. The Bertz CT molecular complexity index is 1170. The highest BCUT2D eigenvalue weighted by atomic mass is 16.5. The van der Waals surface area contributed by atoms with Gasteiger partial charge in [0.05, 0.1) is 24.5 Å². The van der Waals surface area contributed by atoms with Crippen LogP contribution in [0.1, 0.15) is 67.6 Å². The molecule has 2 aliphatic heterocycles. The second kappa shape index (κ2) is 9.66. The van der Waals surface area contributed by atoms with Gasteiger partial charge in [-0.05, 0) is 48.4 Å². The van der Waals surface area contributed by atoms with Gasteiger partial charge in [-0.3, -0.25) is 4.79 Å². The molecule has 0 saturated heterocycles. The monoisotopic (exact) mass is 467 g/mol. The molecule has 1 aromatic heterocycles. The smallest absolute Gasteiger partial charge is 0.341 e. The molecule has 0 spiro atoms. The average molecular weight is 468 g/mol. The van der Waals surface area contributed by atoms with Crippen LogP contribution >= 0.6 is 0 Å². The van der Waals surface area contributed by atoms with E-state index < -0.39 is 11.4 Å². The van der Waals surface area contributed by atoms with Crippen molar-refractivity contribution in [2.75, 3.05) is 26.9 Å². The molecule has 2 aromatic rings. The topological polar surface area (TPSA) is 87.0 Å². The lowest BCUT2D eigenvalue weighted by atomic mass is 9.78. The van der Waals surface area contributed by atoms with Crippen LogP contribution in [0.5, 0.6) is 5.75 Å². The maximum atomic E-state index is 12.7. The summed E-state index contributed by atoms with van der Waals surface area (Å²) in [5.41, 5.74) is 2.69. The fraction of sp³-hybridized carbons (Fsp3) is 0.481. The molecule has 2 aliphatic rings. The highest BCUT2D eigenvalue weighted by molar-refractivity contribution is 5.88. The van der Waals surface area contributed by atoms with Gasteiger partial charge in [0.15, 0.2) is 5.43 Å². The Morgan fingerprint density at radius 3 is 2.65 bits per heavy atom. The first-order valence-electron chi connectivity index (χ1n) is 11.8. The number of carbonyl (C=O) groups is 1. The molecular formula is C27H33NO6. The van der Waals surface area contributed by atoms with Gasteiger partial charge in [0, 0.05) is 44.0 Å². The number of fused-ring (bicyclic) bond motifs is 3. The predicted molar refractivity (Wildman–Crippen MR) is 130 cm³/mol. The lowest BCUT2D eigenvalue weighted by molar-refractivity contribution is 0.0693. The molecule has 182 valence electrons. The van der Waals surface area contributed by atoms with E-state index in [0.717, 1.165) is 53.2 Å². The van der Waals surface area contributed by atoms with Crippen molar-refractivity contribution in [1.29, 1.82) is 0 Å². The number of aromatic nitrogens is 1. The Balaban J connectivity index is 1.89. The third kappa shape index (κ3) is 4.75. The van der Waals surface area contributed by atoms with E-state index in [1.54, 1.807) is 7.11 Å². The zero-order chi connectivity index (χ0) is 24.5. The fourth-order valence-electron chi connectivity index (χ4n) is 4.69. The van der Waals surface area contributed by atoms with Gasteiger partial charge in [-0.1, -0.05) is 20.8 Å². The highest BCUT2D eigenvalue weighted by Gasteiger charge is 2.34. The highest BCUT2D eigenvalue weighted by Crippen LogP contribution is 2.45. The largest absolute Gasteiger partial charge is 0.493 e. The summed E-state index contributed by atoms with van der Waals surface area (Å²) in [6.07, 6.45) is 6.95. The Morgan fingerprint density at radius 2 is 2.00 bits per heavy atom. The second-order valence-electron chi connectivity index (χ2n) is 9.99. The Kier molecular flexibility index (Phi) is 6.84. The minimum absolute atomic E-state index is 0.0222. The molecule has 0 unspecified atom stereocenters. The van der Waals surface area contributed by atoms with Crippen molar-refractivity contribution in [3.63, 3.8) is 0 Å². The SMILES string of the molecule is COCCCOc1cc2c(cc1C1=CCCCO1)-c1cc(=O)c(C(=O)O)cn1[C@H](C(C)(C)C)C2. The van der Waals surface area contributed by atoms with E-state index in [-0.39, 0.29) is 17.0 Å². The van der Waals surface area contributed by atoms with Crippen LogP contribution in [0.2, 0.25) is 0 Å². The van der Waals surface area contributed by atoms with Crippen LogP contribution in [0.25, 0.3) is 17.0 Å². The third-order valence-electron chi connectivity index (χ3n) is 6.49. The van der Waals surface area contributed by atoms with E-state index in [1.807, 2.05) is 10.6 Å². The summed E-state index contributed by atoms with van der Waals surface area (Å²) in [7, 11) is 1.67. The van der Waals surface area contributed by atoms with Crippen molar-refractivity contribution in [2.24, 2.45) is 5.41 Å². The van der Waals surface area contributed by atoms with Crippen molar-refractivity contribution >= 4 is 11.7 Å². The number of hydrogen-bond acceptors (Lipinski definition) is 5. The summed E-state index contributed by atoms with van der Waals surface area (Å²) in [5, 5.41) is 9.56. The van der Waals surface area contributed by atoms with Crippen LogP contribution in [0.15, 0.2) is 35.3 Å². The van der Waals surface area contributed by atoms with E-state index in [2.05, 4.69) is 32.9 Å². The van der Waals surface area contributed by atoms with E-state index in [9.17, 15) is 14.7 Å².